The number of hydrogen-bond acceptors (Lipinski definition) is 5. The smallest absolute Gasteiger partial charge is 0.251 e. The molecule has 192 valence electrons. The Morgan fingerprint density at radius 2 is 1.75 bits per heavy atom. The number of halogens is 2. The Labute approximate surface area is 226 Å². The zero-order chi connectivity index (χ0) is 26.4. The van der Waals surface area contributed by atoms with Crippen molar-refractivity contribution < 1.29 is 9.59 Å². The highest BCUT2D eigenvalue weighted by Crippen LogP contribution is 2.28. The van der Waals surface area contributed by atoms with Gasteiger partial charge in [-0.05, 0) is 48.6 Å². The van der Waals surface area contributed by atoms with E-state index in [9.17, 15) is 9.59 Å². The fourth-order valence-electron chi connectivity index (χ4n) is 3.76. The molecule has 0 bridgehead atoms. The first-order chi connectivity index (χ1) is 17.1. The number of nitrogens with zero attached hydrogens (tertiary/aromatic N) is 3. The van der Waals surface area contributed by atoms with Crippen LogP contribution in [-0.4, -0.2) is 32.3 Å². The van der Waals surface area contributed by atoms with E-state index in [4.69, 9.17) is 23.2 Å². The zero-order valence-corrected chi connectivity index (χ0v) is 23.3. The van der Waals surface area contributed by atoms with Gasteiger partial charge in [-0.1, -0.05) is 80.9 Å². The van der Waals surface area contributed by atoms with Gasteiger partial charge in [0.25, 0.3) is 5.91 Å². The Kier molecular flexibility index (Phi) is 9.82. The number of benzene rings is 2. The molecule has 0 spiro atoms. The Hall–Kier alpha value is -2.55. The predicted molar refractivity (Wildman–Crippen MR) is 147 cm³/mol. The van der Waals surface area contributed by atoms with Crippen molar-refractivity contribution in [1.82, 2.24) is 20.1 Å². The summed E-state index contributed by atoms with van der Waals surface area (Å²) >= 11 is 13.4. The summed E-state index contributed by atoms with van der Waals surface area (Å²) < 4.78 is 1.93. The summed E-state index contributed by atoms with van der Waals surface area (Å²) in [6.07, 6.45) is 0. The number of carbonyl (C=O) groups excluding carboxylic acids is 2. The minimum absolute atomic E-state index is 0.0416. The number of amides is 2. The number of carbonyl (C=O) groups is 2. The fourth-order valence-corrected chi connectivity index (χ4v) is 4.86. The van der Waals surface area contributed by atoms with Crippen LogP contribution in [0.4, 0.5) is 5.69 Å². The van der Waals surface area contributed by atoms with Gasteiger partial charge in [-0.15, -0.1) is 10.2 Å². The molecule has 0 fully saturated rings. The van der Waals surface area contributed by atoms with Gasteiger partial charge in [-0.25, -0.2) is 0 Å². The average molecular weight is 549 g/mol. The van der Waals surface area contributed by atoms with Crippen LogP contribution in [0, 0.1) is 5.92 Å². The number of aromatic nitrogens is 3. The maximum absolute atomic E-state index is 12.9. The summed E-state index contributed by atoms with van der Waals surface area (Å²) in [4.78, 5) is 25.6. The van der Waals surface area contributed by atoms with Crippen molar-refractivity contribution in [2.75, 3.05) is 11.1 Å². The van der Waals surface area contributed by atoms with Crippen molar-refractivity contribution in [2.24, 2.45) is 5.92 Å². The van der Waals surface area contributed by atoms with Gasteiger partial charge in [0, 0.05) is 17.8 Å². The molecule has 0 aliphatic carbocycles. The monoisotopic (exact) mass is 547 g/mol. The molecule has 3 rings (SSSR count). The molecule has 1 aromatic heterocycles. The SMILES string of the molecule is CCn1c(SCC(=O)Nc2ccccc2C(C)C)nnc1[C@@H](NC(=O)c1ccc(Cl)c(Cl)c1)C(C)C. The second kappa shape index (κ2) is 12.6. The quantitative estimate of drug-likeness (QED) is 0.279. The van der Waals surface area contributed by atoms with E-state index in [0.29, 0.717) is 39.1 Å². The van der Waals surface area contributed by atoms with E-state index in [1.165, 1.54) is 11.8 Å². The first kappa shape index (κ1) is 28.0. The second-order valence-corrected chi connectivity index (χ2v) is 10.7. The molecule has 3 aromatic rings. The lowest BCUT2D eigenvalue weighted by Gasteiger charge is -2.22. The molecule has 0 radical (unpaired) electrons. The van der Waals surface area contributed by atoms with Crippen molar-refractivity contribution >= 4 is 52.5 Å². The maximum Gasteiger partial charge on any atom is 0.251 e. The molecule has 2 N–H and O–H groups in total. The normalized spacial score (nSPS) is 12.1. The maximum atomic E-state index is 12.9. The Bertz CT molecular complexity index is 1230. The number of anilines is 1. The van der Waals surface area contributed by atoms with Crippen molar-refractivity contribution in [3.8, 4) is 0 Å². The number of hydrogen-bond donors (Lipinski definition) is 2. The first-order valence-corrected chi connectivity index (χ1v) is 13.6. The van der Waals surface area contributed by atoms with E-state index >= 15 is 0 Å². The molecule has 7 nitrogen and oxygen atoms in total. The van der Waals surface area contributed by atoms with Crippen LogP contribution in [0.15, 0.2) is 47.6 Å². The number of thioether (sulfide) groups is 1. The van der Waals surface area contributed by atoms with E-state index in [0.717, 1.165) is 11.3 Å². The topological polar surface area (TPSA) is 88.9 Å². The molecule has 36 heavy (non-hydrogen) atoms. The van der Waals surface area contributed by atoms with Crippen LogP contribution in [0.5, 0.6) is 0 Å². The highest BCUT2D eigenvalue weighted by molar-refractivity contribution is 7.99. The van der Waals surface area contributed by atoms with E-state index in [1.807, 2.05) is 49.6 Å². The molecule has 10 heteroatoms. The summed E-state index contributed by atoms with van der Waals surface area (Å²) in [5.74, 6) is 0.761. The molecular formula is C26H31Cl2N5O2S. The summed E-state index contributed by atoms with van der Waals surface area (Å²) in [5, 5.41) is 16.1. The summed E-state index contributed by atoms with van der Waals surface area (Å²) in [6.45, 7) is 10.8. The van der Waals surface area contributed by atoms with Crippen LogP contribution in [0.25, 0.3) is 0 Å². The summed E-state index contributed by atoms with van der Waals surface area (Å²) in [5.41, 5.74) is 2.32. The molecule has 2 aromatic carbocycles. The predicted octanol–water partition coefficient (Wildman–Crippen LogP) is 6.59. The minimum atomic E-state index is -0.388. The molecule has 0 saturated carbocycles. The van der Waals surface area contributed by atoms with Crippen molar-refractivity contribution in [2.45, 2.75) is 58.3 Å². The summed E-state index contributed by atoms with van der Waals surface area (Å²) in [7, 11) is 0. The van der Waals surface area contributed by atoms with E-state index in [-0.39, 0.29) is 29.5 Å². The van der Waals surface area contributed by atoms with Crippen LogP contribution in [0.3, 0.4) is 0 Å². The Balaban J connectivity index is 1.73. The van der Waals surface area contributed by atoms with E-state index in [1.54, 1.807) is 18.2 Å². The van der Waals surface area contributed by atoms with Crippen LogP contribution in [0.2, 0.25) is 10.0 Å². The van der Waals surface area contributed by atoms with Gasteiger partial charge >= 0.3 is 0 Å². The van der Waals surface area contributed by atoms with Gasteiger partial charge in [0.15, 0.2) is 11.0 Å². The van der Waals surface area contributed by atoms with Crippen LogP contribution >= 0.6 is 35.0 Å². The molecule has 0 aliphatic heterocycles. The van der Waals surface area contributed by atoms with Gasteiger partial charge in [0.2, 0.25) is 5.91 Å². The second-order valence-electron chi connectivity index (χ2n) is 8.99. The lowest BCUT2D eigenvalue weighted by atomic mass is 10.0. The summed E-state index contributed by atoms with van der Waals surface area (Å²) in [6, 6.07) is 12.2. The zero-order valence-electron chi connectivity index (χ0n) is 21.0. The lowest BCUT2D eigenvalue weighted by molar-refractivity contribution is -0.113. The van der Waals surface area contributed by atoms with Gasteiger partial charge in [0.1, 0.15) is 0 Å². The number of rotatable bonds is 10. The van der Waals surface area contributed by atoms with E-state index < -0.39 is 0 Å². The van der Waals surface area contributed by atoms with Crippen molar-refractivity contribution in [3.05, 3.63) is 69.5 Å². The average Bonchev–Trinajstić information content (AvgIpc) is 3.25. The third-order valence-electron chi connectivity index (χ3n) is 5.66. The van der Waals surface area contributed by atoms with Crippen LogP contribution in [0.1, 0.15) is 68.3 Å². The standard InChI is InChI=1S/C26H31Cl2N5O2S/c1-6-33-24(23(16(4)5)30-25(35)17-11-12-19(27)20(28)13-17)31-32-26(33)36-14-22(34)29-21-10-8-7-9-18(21)15(2)3/h7-13,15-16,23H,6,14H2,1-5H3,(H,29,34)(H,30,35)/t23-/m0/s1. The third kappa shape index (κ3) is 6.81. The molecule has 1 atom stereocenters. The van der Waals surface area contributed by atoms with Gasteiger partial charge in [-0.2, -0.15) is 0 Å². The van der Waals surface area contributed by atoms with E-state index in [2.05, 4.69) is 34.7 Å². The molecule has 1 heterocycles. The van der Waals surface area contributed by atoms with Gasteiger partial charge < -0.3 is 15.2 Å². The Morgan fingerprint density at radius 3 is 2.39 bits per heavy atom. The molecule has 0 saturated heterocycles. The molecule has 0 aliphatic rings. The molecular weight excluding hydrogens is 517 g/mol. The fraction of sp³-hybridized carbons (Fsp3) is 0.385. The molecule has 0 unspecified atom stereocenters. The highest BCUT2D eigenvalue weighted by Gasteiger charge is 2.26. The van der Waals surface area contributed by atoms with Gasteiger partial charge in [0.05, 0.1) is 21.8 Å². The third-order valence-corrected chi connectivity index (χ3v) is 7.37. The number of para-hydroxylation sites is 1. The lowest BCUT2D eigenvalue weighted by Crippen LogP contribution is -2.33. The highest BCUT2D eigenvalue weighted by atomic mass is 35.5. The van der Waals surface area contributed by atoms with Gasteiger partial charge in [-0.3, -0.25) is 9.59 Å². The first-order valence-electron chi connectivity index (χ1n) is 11.8. The van der Waals surface area contributed by atoms with Crippen molar-refractivity contribution in [1.29, 1.82) is 0 Å². The molecule has 2 amide bonds. The largest absolute Gasteiger partial charge is 0.342 e. The van der Waals surface area contributed by atoms with Crippen LogP contribution < -0.4 is 10.6 Å². The van der Waals surface area contributed by atoms with Crippen LogP contribution in [-0.2, 0) is 11.3 Å². The van der Waals surface area contributed by atoms with Crippen molar-refractivity contribution in [3.63, 3.8) is 0 Å². The minimum Gasteiger partial charge on any atom is -0.342 e. The number of nitrogens with one attached hydrogen (secondary N) is 2. The Morgan fingerprint density at radius 1 is 1.03 bits per heavy atom.